The van der Waals surface area contributed by atoms with Crippen LogP contribution in [0.4, 0.5) is 0 Å². The smallest absolute Gasteiger partial charge is 0.0812 e. The Balaban J connectivity index is 1.55. The summed E-state index contributed by atoms with van der Waals surface area (Å²) in [4.78, 5) is 10.8. The first-order valence-electron chi connectivity index (χ1n) is 8.82. The van der Waals surface area contributed by atoms with E-state index in [0.717, 1.165) is 41.7 Å². The first kappa shape index (κ1) is 13.6. The van der Waals surface area contributed by atoms with Crippen LogP contribution in [0.3, 0.4) is 0 Å². The third-order valence-corrected chi connectivity index (χ3v) is 7.22. The minimum atomic E-state index is 0.561. The van der Waals surface area contributed by atoms with Crippen LogP contribution in [-0.4, -0.2) is 0 Å². The van der Waals surface area contributed by atoms with Crippen LogP contribution in [0.5, 0.6) is 0 Å². The molecule has 0 spiro atoms. The molecule has 4 aliphatic carbocycles. The second-order valence-electron chi connectivity index (χ2n) is 7.78. The van der Waals surface area contributed by atoms with Gasteiger partial charge in [0, 0.05) is 5.92 Å². The number of nitrogens with zero attached hydrogens (tertiary/aromatic N) is 1. The van der Waals surface area contributed by atoms with Gasteiger partial charge in [-0.3, -0.25) is 0 Å². The van der Waals surface area contributed by atoms with Crippen LogP contribution in [0.2, 0.25) is 0 Å². The Morgan fingerprint density at radius 1 is 0.905 bits per heavy atom. The van der Waals surface area contributed by atoms with Gasteiger partial charge in [-0.05, 0) is 92.1 Å². The fraction of sp³-hybridized carbons (Fsp3) is 0.789. The maximum Gasteiger partial charge on any atom is 0.0812 e. The van der Waals surface area contributed by atoms with Gasteiger partial charge in [-0.1, -0.05) is 6.08 Å². The van der Waals surface area contributed by atoms with Crippen molar-refractivity contribution in [3.63, 3.8) is 0 Å². The van der Waals surface area contributed by atoms with Crippen LogP contribution in [-0.2, 0) is 0 Å². The molecule has 3 saturated carbocycles. The molecule has 2 heteroatoms. The molecule has 0 heterocycles. The molecule has 0 aromatic heterocycles. The number of rotatable bonds is 1. The predicted molar refractivity (Wildman–Crippen MR) is 84.1 cm³/mol. The van der Waals surface area contributed by atoms with Gasteiger partial charge in [0.25, 0.3) is 0 Å². The highest BCUT2D eigenvalue weighted by Gasteiger charge is 2.50. The van der Waals surface area contributed by atoms with Gasteiger partial charge < -0.3 is 0 Å². The quantitative estimate of drug-likeness (QED) is 0.504. The second kappa shape index (κ2) is 5.27. The van der Waals surface area contributed by atoms with E-state index in [0.29, 0.717) is 11.8 Å². The molecule has 0 saturated heterocycles. The average molecular weight is 283 g/mol. The van der Waals surface area contributed by atoms with Crippen LogP contribution < -0.4 is 0 Å². The second-order valence-corrected chi connectivity index (χ2v) is 7.78. The van der Waals surface area contributed by atoms with Gasteiger partial charge in [-0.25, -0.2) is 0 Å². The van der Waals surface area contributed by atoms with E-state index in [2.05, 4.69) is 17.2 Å². The number of hydrogen-bond donors (Lipinski definition) is 0. The lowest BCUT2D eigenvalue weighted by Crippen LogP contribution is -2.43. The van der Waals surface area contributed by atoms with E-state index in [4.69, 9.17) is 6.42 Å². The number of allylic oxidation sites excluding steroid dienone is 2. The molecule has 3 fully saturated rings. The summed E-state index contributed by atoms with van der Waals surface area (Å²) in [6, 6.07) is 0. The van der Waals surface area contributed by atoms with Crippen molar-refractivity contribution in [2.24, 2.45) is 46.6 Å². The number of fused-ring (bicyclic) bond motifs is 5. The Labute approximate surface area is 127 Å². The van der Waals surface area contributed by atoms with Crippen LogP contribution in [0, 0.1) is 58.7 Å². The molecule has 0 amide bonds. The van der Waals surface area contributed by atoms with Crippen molar-refractivity contribution in [1.82, 2.24) is 0 Å². The molecule has 0 aromatic rings. The molecular weight excluding hydrogens is 258 g/mol. The molecule has 0 aromatic carbocycles. The normalized spacial score (nSPS) is 48.3. The van der Waals surface area contributed by atoms with Crippen LogP contribution in [0.1, 0.15) is 51.4 Å². The van der Waals surface area contributed by atoms with E-state index in [1.165, 1.54) is 44.9 Å². The summed E-state index contributed by atoms with van der Waals surface area (Å²) in [6.07, 6.45) is 18.1. The summed E-state index contributed by atoms with van der Waals surface area (Å²) in [5.74, 6) is 8.62. The third-order valence-electron chi connectivity index (χ3n) is 7.22. The topological polar surface area (TPSA) is 29.4 Å². The monoisotopic (exact) mass is 283 g/mol. The minimum absolute atomic E-state index is 0.561. The van der Waals surface area contributed by atoms with Crippen LogP contribution >= 0.6 is 0 Å². The fourth-order valence-corrected chi connectivity index (χ4v) is 6.40. The highest BCUT2D eigenvalue weighted by molar-refractivity contribution is 5.13. The lowest BCUT2D eigenvalue weighted by atomic mass is 9.54. The van der Waals surface area contributed by atoms with E-state index >= 15 is 0 Å². The molecule has 112 valence electrons. The van der Waals surface area contributed by atoms with Crippen LogP contribution in [0.15, 0.2) is 16.9 Å². The lowest BCUT2D eigenvalue weighted by molar-refractivity contribution is 0.000595. The maximum atomic E-state index is 10.8. The zero-order valence-electron chi connectivity index (χ0n) is 12.7. The Morgan fingerprint density at radius 3 is 2.38 bits per heavy atom. The largest absolute Gasteiger partial charge is 0.145 e. The van der Waals surface area contributed by atoms with E-state index in [1.807, 2.05) is 0 Å². The molecule has 21 heavy (non-hydrogen) atoms. The zero-order valence-corrected chi connectivity index (χ0v) is 12.7. The summed E-state index contributed by atoms with van der Waals surface area (Å²) in [6.45, 7) is 0. The van der Waals surface area contributed by atoms with Gasteiger partial charge in [-0.2, -0.15) is 0 Å². The molecular formula is C19H25NO. The Morgan fingerprint density at radius 2 is 1.57 bits per heavy atom. The zero-order chi connectivity index (χ0) is 14.4. The highest BCUT2D eigenvalue weighted by atomic mass is 16.3. The maximum absolute atomic E-state index is 10.8. The standard InChI is InChI=1S/C19H25NO/c1-2-12-3-6-17-15(12)9-10-18-16-8-5-14(20-21)11-13(16)4-7-19(17)18/h1,11-13,15-19H,3-10H2/t12-,13?,15+,16-,17+,18+,19-/m0/s1. The molecule has 7 atom stereocenters. The van der Waals surface area contributed by atoms with Crippen molar-refractivity contribution in [3.05, 3.63) is 16.7 Å². The predicted octanol–water partition coefficient (Wildman–Crippen LogP) is 4.76. The van der Waals surface area contributed by atoms with E-state index in [-0.39, 0.29) is 0 Å². The molecule has 0 aliphatic heterocycles. The molecule has 4 rings (SSSR count). The van der Waals surface area contributed by atoms with Crippen molar-refractivity contribution in [2.75, 3.05) is 0 Å². The fourth-order valence-electron chi connectivity index (χ4n) is 6.40. The Kier molecular flexibility index (Phi) is 3.40. The number of hydrogen-bond acceptors (Lipinski definition) is 2. The molecule has 2 nitrogen and oxygen atoms in total. The summed E-state index contributed by atoms with van der Waals surface area (Å²) in [7, 11) is 0. The first-order chi connectivity index (χ1) is 10.3. The van der Waals surface area contributed by atoms with Gasteiger partial charge in [0.2, 0.25) is 0 Å². The van der Waals surface area contributed by atoms with Crippen molar-refractivity contribution in [3.8, 4) is 12.3 Å². The van der Waals surface area contributed by atoms with Crippen LogP contribution in [0.25, 0.3) is 0 Å². The minimum Gasteiger partial charge on any atom is -0.145 e. The third kappa shape index (κ3) is 2.08. The van der Waals surface area contributed by atoms with Crippen molar-refractivity contribution in [2.45, 2.75) is 51.4 Å². The number of nitroso groups, excluding NO2 is 1. The van der Waals surface area contributed by atoms with Crippen molar-refractivity contribution >= 4 is 0 Å². The molecule has 1 unspecified atom stereocenters. The van der Waals surface area contributed by atoms with E-state index in [1.54, 1.807) is 0 Å². The van der Waals surface area contributed by atoms with Gasteiger partial charge >= 0.3 is 0 Å². The van der Waals surface area contributed by atoms with Gasteiger partial charge in [0.15, 0.2) is 0 Å². The van der Waals surface area contributed by atoms with E-state index < -0.39 is 0 Å². The molecule has 4 aliphatic rings. The highest BCUT2D eigenvalue weighted by Crippen LogP contribution is 2.58. The molecule has 0 N–H and O–H groups in total. The van der Waals surface area contributed by atoms with Gasteiger partial charge in [-0.15, -0.1) is 17.3 Å². The summed E-state index contributed by atoms with van der Waals surface area (Å²) >= 11 is 0. The van der Waals surface area contributed by atoms with Gasteiger partial charge in [0.05, 0.1) is 5.70 Å². The summed E-state index contributed by atoms with van der Waals surface area (Å²) < 4.78 is 0. The number of terminal acetylenes is 1. The average Bonchev–Trinajstić information content (AvgIpc) is 2.97. The van der Waals surface area contributed by atoms with Crippen molar-refractivity contribution < 1.29 is 0 Å². The Bertz CT molecular complexity index is 502. The van der Waals surface area contributed by atoms with E-state index in [9.17, 15) is 4.91 Å². The molecule has 0 radical (unpaired) electrons. The summed E-state index contributed by atoms with van der Waals surface area (Å²) in [5, 5.41) is 3.21. The van der Waals surface area contributed by atoms with Crippen molar-refractivity contribution in [1.29, 1.82) is 0 Å². The first-order valence-corrected chi connectivity index (χ1v) is 8.82. The summed E-state index contributed by atoms with van der Waals surface area (Å²) in [5.41, 5.74) is 0.816. The SMILES string of the molecule is C#C[C@H]1CC[C@H]2[C@@H]3CCC4C=C(N=O)CC[C@@H]4[C@H]3CC[C@@H]21. The lowest BCUT2D eigenvalue weighted by Gasteiger charge is -2.51. The van der Waals surface area contributed by atoms with Gasteiger partial charge in [0.1, 0.15) is 0 Å². The molecule has 0 bridgehead atoms. The Hall–Kier alpha value is -1.10.